The molecule has 0 atom stereocenters. The number of nitrogens with zero attached hydrogens (tertiary/aromatic N) is 1. The zero-order chi connectivity index (χ0) is 13.5. The predicted octanol–water partition coefficient (Wildman–Crippen LogP) is 2.15. The molecule has 0 saturated heterocycles. The minimum Gasteiger partial charge on any atom is -0.395 e. The van der Waals surface area contributed by atoms with Crippen LogP contribution in [0.25, 0.3) is 0 Å². The van der Waals surface area contributed by atoms with Gasteiger partial charge in [-0.05, 0) is 38.1 Å². The van der Waals surface area contributed by atoms with Gasteiger partial charge in [-0.2, -0.15) is 0 Å². The molecular formula is C13H18FNO2S. The average molecular weight is 271 g/mol. The molecular weight excluding hydrogens is 253 g/mol. The summed E-state index contributed by atoms with van der Waals surface area (Å²) in [5.41, 5.74) is 0. The van der Waals surface area contributed by atoms with E-state index in [-0.39, 0.29) is 24.4 Å². The maximum atomic E-state index is 12.7. The normalized spacial score (nSPS) is 10.7. The van der Waals surface area contributed by atoms with Gasteiger partial charge < -0.3 is 10.0 Å². The molecule has 0 radical (unpaired) electrons. The van der Waals surface area contributed by atoms with Crippen molar-refractivity contribution < 1.29 is 14.3 Å². The highest BCUT2D eigenvalue weighted by Gasteiger charge is 2.16. The monoisotopic (exact) mass is 271 g/mol. The lowest BCUT2D eigenvalue weighted by Gasteiger charge is -2.25. The Morgan fingerprint density at radius 3 is 2.50 bits per heavy atom. The SMILES string of the molecule is CC(C)N(CCO)C(=O)CSc1ccc(F)cc1. The lowest BCUT2D eigenvalue weighted by molar-refractivity contribution is -0.130. The van der Waals surface area contributed by atoms with E-state index in [9.17, 15) is 9.18 Å². The van der Waals surface area contributed by atoms with Crippen LogP contribution < -0.4 is 0 Å². The van der Waals surface area contributed by atoms with Crippen LogP contribution in [0, 0.1) is 5.82 Å². The summed E-state index contributed by atoms with van der Waals surface area (Å²) in [5.74, 6) is -0.00720. The standard InChI is InChI=1S/C13H18FNO2S/c1-10(2)15(7-8-16)13(17)9-18-12-5-3-11(14)4-6-12/h3-6,10,16H,7-9H2,1-2H3. The Morgan fingerprint density at radius 1 is 1.39 bits per heavy atom. The number of thioether (sulfide) groups is 1. The fourth-order valence-corrected chi connectivity index (χ4v) is 2.32. The van der Waals surface area contributed by atoms with Crippen molar-refractivity contribution in [3.05, 3.63) is 30.1 Å². The Kier molecular flexibility index (Phi) is 6.15. The van der Waals surface area contributed by atoms with E-state index in [4.69, 9.17) is 5.11 Å². The number of hydrogen-bond acceptors (Lipinski definition) is 3. The van der Waals surface area contributed by atoms with E-state index in [2.05, 4.69) is 0 Å². The summed E-state index contributed by atoms with van der Waals surface area (Å²) >= 11 is 1.37. The zero-order valence-electron chi connectivity index (χ0n) is 10.6. The first-order valence-electron chi connectivity index (χ1n) is 5.83. The molecule has 100 valence electrons. The first kappa shape index (κ1) is 15.0. The number of amides is 1. The van der Waals surface area contributed by atoms with Crippen molar-refractivity contribution in [3.8, 4) is 0 Å². The van der Waals surface area contributed by atoms with E-state index < -0.39 is 0 Å². The topological polar surface area (TPSA) is 40.5 Å². The predicted molar refractivity (Wildman–Crippen MR) is 71.1 cm³/mol. The largest absolute Gasteiger partial charge is 0.395 e. The minimum atomic E-state index is -0.283. The van der Waals surface area contributed by atoms with Crippen molar-refractivity contribution in [1.29, 1.82) is 0 Å². The molecule has 0 aromatic heterocycles. The average Bonchev–Trinajstić information content (AvgIpc) is 2.34. The van der Waals surface area contributed by atoms with E-state index in [1.165, 1.54) is 23.9 Å². The number of carbonyl (C=O) groups is 1. The van der Waals surface area contributed by atoms with Crippen LogP contribution in [-0.4, -0.2) is 40.9 Å². The Bertz CT molecular complexity index is 381. The molecule has 0 aliphatic rings. The number of benzene rings is 1. The summed E-state index contributed by atoms with van der Waals surface area (Å²) in [6, 6.07) is 6.12. The van der Waals surface area contributed by atoms with Crippen LogP contribution in [0.4, 0.5) is 4.39 Å². The van der Waals surface area contributed by atoms with Crippen LogP contribution >= 0.6 is 11.8 Å². The van der Waals surface area contributed by atoms with Crippen LogP contribution in [-0.2, 0) is 4.79 Å². The molecule has 0 unspecified atom stereocenters. The van der Waals surface area contributed by atoms with E-state index in [1.807, 2.05) is 13.8 Å². The second-order valence-corrected chi connectivity index (χ2v) is 5.20. The van der Waals surface area contributed by atoms with Crippen molar-refractivity contribution >= 4 is 17.7 Å². The Hall–Kier alpha value is -1.07. The van der Waals surface area contributed by atoms with Crippen LogP contribution in [0.2, 0.25) is 0 Å². The van der Waals surface area contributed by atoms with Gasteiger partial charge in [0, 0.05) is 17.5 Å². The third-order valence-corrected chi connectivity index (χ3v) is 3.46. The molecule has 5 heteroatoms. The van der Waals surface area contributed by atoms with Crippen LogP contribution in [0.15, 0.2) is 29.2 Å². The number of rotatable bonds is 6. The third kappa shape index (κ3) is 4.66. The van der Waals surface area contributed by atoms with Crippen LogP contribution in [0.5, 0.6) is 0 Å². The number of aliphatic hydroxyl groups is 1. The molecule has 0 fully saturated rings. The molecule has 0 aliphatic heterocycles. The highest BCUT2D eigenvalue weighted by atomic mass is 32.2. The summed E-state index contributed by atoms with van der Waals surface area (Å²) in [4.78, 5) is 14.4. The van der Waals surface area contributed by atoms with Gasteiger partial charge in [-0.15, -0.1) is 11.8 Å². The second kappa shape index (κ2) is 7.38. The molecule has 18 heavy (non-hydrogen) atoms. The van der Waals surface area contributed by atoms with Gasteiger partial charge in [0.05, 0.1) is 12.4 Å². The molecule has 0 spiro atoms. The zero-order valence-corrected chi connectivity index (χ0v) is 11.4. The molecule has 3 nitrogen and oxygen atoms in total. The first-order chi connectivity index (χ1) is 8.54. The summed E-state index contributed by atoms with van der Waals surface area (Å²) in [5, 5.41) is 8.91. The summed E-state index contributed by atoms with van der Waals surface area (Å²) in [6.07, 6.45) is 0. The molecule has 1 N–H and O–H groups in total. The van der Waals surface area contributed by atoms with Crippen LogP contribution in [0.3, 0.4) is 0 Å². The molecule has 0 saturated carbocycles. The number of halogens is 1. The molecule has 1 aromatic rings. The van der Waals surface area contributed by atoms with E-state index in [1.54, 1.807) is 17.0 Å². The van der Waals surface area contributed by atoms with Crippen LogP contribution in [0.1, 0.15) is 13.8 Å². The van der Waals surface area contributed by atoms with Crippen molar-refractivity contribution in [3.63, 3.8) is 0 Å². The Morgan fingerprint density at radius 2 is 2.00 bits per heavy atom. The Labute approximate surface area is 111 Å². The molecule has 1 rings (SSSR count). The summed E-state index contributed by atoms with van der Waals surface area (Å²) < 4.78 is 12.7. The van der Waals surface area contributed by atoms with Crippen molar-refractivity contribution in [1.82, 2.24) is 4.90 Å². The fraction of sp³-hybridized carbons (Fsp3) is 0.462. The highest BCUT2D eigenvalue weighted by molar-refractivity contribution is 8.00. The maximum absolute atomic E-state index is 12.7. The van der Waals surface area contributed by atoms with Gasteiger partial charge in [-0.25, -0.2) is 4.39 Å². The van der Waals surface area contributed by atoms with E-state index in [0.29, 0.717) is 12.3 Å². The summed E-state index contributed by atoms with van der Waals surface area (Å²) in [7, 11) is 0. The molecule has 1 amide bonds. The van der Waals surface area contributed by atoms with Gasteiger partial charge in [0.1, 0.15) is 5.82 Å². The lowest BCUT2D eigenvalue weighted by atomic mass is 10.3. The van der Waals surface area contributed by atoms with Gasteiger partial charge in [0.25, 0.3) is 0 Å². The third-order valence-electron chi connectivity index (χ3n) is 2.46. The number of hydrogen-bond donors (Lipinski definition) is 1. The van der Waals surface area contributed by atoms with E-state index >= 15 is 0 Å². The van der Waals surface area contributed by atoms with Gasteiger partial charge in [0.15, 0.2) is 0 Å². The van der Waals surface area contributed by atoms with Gasteiger partial charge in [0.2, 0.25) is 5.91 Å². The van der Waals surface area contributed by atoms with Gasteiger partial charge >= 0.3 is 0 Å². The van der Waals surface area contributed by atoms with Crippen molar-refractivity contribution in [2.45, 2.75) is 24.8 Å². The van der Waals surface area contributed by atoms with E-state index in [0.717, 1.165) is 4.90 Å². The molecule has 1 aromatic carbocycles. The maximum Gasteiger partial charge on any atom is 0.233 e. The molecule has 0 bridgehead atoms. The fourth-order valence-electron chi connectivity index (χ4n) is 1.54. The second-order valence-electron chi connectivity index (χ2n) is 4.15. The Balaban J connectivity index is 2.51. The van der Waals surface area contributed by atoms with Gasteiger partial charge in [-0.3, -0.25) is 4.79 Å². The number of carbonyl (C=O) groups excluding carboxylic acids is 1. The molecule has 0 heterocycles. The molecule has 0 aliphatic carbocycles. The number of aliphatic hydroxyl groups excluding tert-OH is 1. The van der Waals surface area contributed by atoms with Crippen molar-refractivity contribution in [2.75, 3.05) is 18.9 Å². The van der Waals surface area contributed by atoms with Gasteiger partial charge in [-0.1, -0.05) is 0 Å². The minimum absolute atomic E-state index is 0.0200. The highest BCUT2D eigenvalue weighted by Crippen LogP contribution is 2.18. The quantitative estimate of drug-likeness (QED) is 0.806. The smallest absolute Gasteiger partial charge is 0.233 e. The summed E-state index contributed by atoms with van der Waals surface area (Å²) in [6.45, 7) is 4.14. The van der Waals surface area contributed by atoms with Crippen molar-refractivity contribution in [2.24, 2.45) is 0 Å². The first-order valence-corrected chi connectivity index (χ1v) is 6.82. The lowest BCUT2D eigenvalue weighted by Crippen LogP contribution is -2.40.